The summed E-state index contributed by atoms with van der Waals surface area (Å²) in [4.78, 5) is 2.50. The number of aliphatic hydroxyl groups is 1. The smallest absolute Gasteiger partial charge is 0.0596 e. The van der Waals surface area contributed by atoms with Crippen LogP contribution in [0.25, 0.3) is 10.9 Å². The van der Waals surface area contributed by atoms with E-state index in [4.69, 9.17) is 0 Å². The third-order valence-corrected chi connectivity index (χ3v) is 6.17. The molecule has 1 fully saturated rings. The highest BCUT2D eigenvalue weighted by Crippen LogP contribution is 2.31. The summed E-state index contributed by atoms with van der Waals surface area (Å²) in [5.41, 5.74) is 5.44. The number of rotatable bonds is 5. The second kappa shape index (κ2) is 7.87. The molecule has 2 atom stereocenters. The number of benzene rings is 2. The minimum atomic E-state index is -0.208. The average Bonchev–Trinajstić information content (AvgIpc) is 2.96. The number of aliphatic hydroxyl groups excluding tert-OH is 1. The van der Waals surface area contributed by atoms with Crippen molar-refractivity contribution in [3.8, 4) is 0 Å². The van der Waals surface area contributed by atoms with Crippen LogP contribution in [0.1, 0.15) is 30.2 Å². The SMILES string of the molecule is CCn1c(C)c(CC2CN(Cc3ccccc3)CCC2O)c2ccccc21. The second-order valence-corrected chi connectivity index (χ2v) is 7.87. The van der Waals surface area contributed by atoms with Gasteiger partial charge in [0.05, 0.1) is 6.10 Å². The van der Waals surface area contributed by atoms with E-state index >= 15 is 0 Å². The van der Waals surface area contributed by atoms with Crippen LogP contribution in [0.5, 0.6) is 0 Å². The summed E-state index contributed by atoms with van der Waals surface area (Å²) in [6.07, 6.45) is 1.61. The molecule has 1 aliphatic heterocycles. The van der Waals surface area contributed by atoms with Crippen LogP contribution in [0.2, 0.25) is 0 Å². The van der Waals surface area contributed by atoms with E-state index < -0.39 is 0 Å². The van der Waals surface area contributed by atoms with Gasteiger partial charge in [-0.2, -0.15) is 0 Å². The van der Waals surface area contributed by atoms with E-state index in [9.17, 15) is 5.11 Å². The molecule has 2 aromatic carbocycles. The Bertz CT molecular complexity index is 899. The Morgan fingerprint density at radius 2 is 1.78 bits per heavy atom. The predicted molar refractivity (Wildman–Crippen MR) is 112 cm³/mol. The summed E-state index contributed by atoms with van der Waals surface area (Å²) in [6, 6.07) is 19.4. The molecule has 1 saturated heterocycles. The summed E-state index contributed by atoms with van der Waals surface area (Å²) in [7, 11) is 0. The predicted octanol–water partition coefficient (Wildman–Crippen LogP) is 4.40. The van der Waals surface area contributed by atoms with Crippen molar-refractivity contribution in [2.45, 2.75) is 45.9 Å². The zero-order valence-electron chi connectivity index (χ0n) is 16.4. The summed E-state index contributed by atoms with van der Waals surface area (Å²) >= 11 is 0. The van der Waals surface area contributed by atoms with Gasteiger partial charge in [-0.3, -0.25) is 4.90 Å². The lowest BCUT2D eigenvalue weighted by atomic mass is 9.87. The van der Waals surface area contributed by atoms with E-state index in [2.05, 4.69) is 77.9 Å². The summed E-state index contributed by atoms with van der Waals surface area (Å²) in [5, 5.41) is 12.1. The van der Waals surface area contributed by atoms with Gasteiger partial charge >= 0.3 is 0 Å². The number of aromatic nitrogens is 1. The summed E-state index contributed by atoms with van der Waals surface area (Å²) in [6.45, 7) is 8.33. The molecule has 1 aliphatic rings. The van der Waals surface area contributed by atoms with Crippen LogP contribution in [-0.2, 0) is 19.5 Å². The molecule has 2 heterocycles. The number of hydrogen-bond acceptors (Lipinski definition) is 2. The number of hydrogen-bond donors (Lipinski definition) is 1. The first-order chi connectivity index (χ1) is 13.2. The Hall–Kier alpha value is -2.10. The van der Waals surface area contributed by atoms with Gasteiger partial charge in [-0.1, -0.05) is 48.5 Å². The molecule has 0 spiro atoms. The number of aryl methyl sites for hydroxylation is 1. The first-order valence-electron chi connectivity index (χ1n) is 10.2. The number of piperidine rings is 1. The minimum absolute atomic E-state index is 0.208. The highest BCUT2D eigenvalue weighted by atomic mass is 16.3. The molecule has 0 saturated carbocycles. The molecule has 3 nitrogen and oxygen atoms in total. The number of nitrogens with zero attached hydrogens (tertiary/aromatic N) is 2. The van der Waals surface area contributed by atoms with E-state index in [0.717, 1.165) is 39.0 Å². The van der Waals surface area contributed by atoms with Crippen LogP contribution in [0, 0.1) is 12.8 Å². The highest BCUT2D eigenvalue weighted by molar-refractivity contribution is 5.85. The Kier molecular flexibility index (Phi) is 5.33. The van der Waals surface area contributed by atoms with Crippen molar-refractivity contribution in [3.05, 3.63) is 71.4 Å². The topological polar surface area (TPSA) is 28.4 Å². The van der Waals surface area contributed by atoms with Crippen molar-refractivity contribution in [2.24, 2.45) is 5.92 Å². The summed E-state index contributed by atoms with van der Waals surface area (Å²) in [5.74, 6) is 0.289. The van der Waals surface area contributed by atoms with Crippen LogP contribution in [0.15, 0.2) is 54.6 Å². The molecule has 2 unspecified atom stereocenters. The molecule has 1 aromatic heterocycles. The van der Waals surface area contributed by atoms with Gasteiger partial charge in [-0.25, -0.2) is 0 Å². The van der Waals surface area contributed by atoms with Crippen LogP contribution in [0.4, 0.5) is 0 Å². The molecule has 142 valence electrons. The van der Waals surface area contributed by atoms with E-state index in [0.29, 0.717) is 0 Å². The van der Waals surface area contributed by atoms with Crippen LogP contribution < -0.4 is 0 Å². The van der Waals surface area contributed by atoms with Gasteiger partial charge in [0.1, 0.15) is 0 Å². The molecule has 3 aromatic rings. The van der Waals surface area contributed by atoms with Crippen molar-refractivity contribution in [1.82, 2.24) is 9.47 Å². The van der Waals surface area contributed by atoms with Crippen LogP contribution >= 0.6 is 0 Å². The van der Waals surface area contributed by atoms with Gasteiger partial charge in [-0.05, 0) is 43.9 Å². The maximum absolute atomic E-state index is 10.7. The zero-order valence-corrected chi connectivity index (χ0v) is 16.4. The van der Waals surface area contributed by atoms with Crippen LogP contribution in [0.3, 0.4) is 0 Å². The molecule has 27 heavy (non-hydrogen) atoms. The molecule has 0 radical (unpaired) electrons. The average molecular weight is 363 g/mol. The van der Waals surface area contributed by atoms with Gasteiger partial charge in [0.15, 0.2) is 0 Å². The molecular weight excluding hydrogens is 332 g/mol. The van der Waals surface area contributed by atoms with Crippen molar-refractivity contribution in [1.29, 1.82) is 0 Å². The fourth-order valence-electron chi connectivity index (χ4n) is 4.71. The molecular formula is C24H30N2O. The van der Waals surface area contributed by atoms with Gasteiger partial charge < -0.3 is 9.67 Å². The summed E-state index contributed by atoms with van der Waals surface area (Å²) < 4.78 is 2.40. The van der Waals surface area contributed by atoms with E-state index in [1.54, 1.807) is 0 Å². The quantitative estimate of drug-likeness (QED) is 0.729. The van der Waals surface area contributed by atoms with Gasteiger partial charge in [0.25, 0.3) is 0 Å². The Morgan fingerprint density at radius 3 is 2.56 bits per heavy atom. The normalized spacial score (nSPS) is 21.0. The standard InChI is InChI=1S/C24H30N2O/c1-3-26-18(2)22(21-11-7-8-12-23(21)26)15-20-17-25(14-13-24(20)27)16-19-9-5-4-6-10-19/h4-12,20,24,27H,3,13-17H2,1-2H3. The number of fused-ring (bicyclic) bond motifs is 1. The van der Waals surface area contributed by atoms with E-state index in [1.807, 2.05) is 0 Å². The maximum Gasteiger partial charge on any atom is 0.0596 e. The van der Waals surface area contributed by atoms with Gasteiger partial charge in [0, 0.05) is 48.7 Å². The first kappa shape index (κ1) is 18.3. The lowest BCUT2D eigenvalue weighted by molar-refractivity contribution is 0.0240. The van der Waals surface area contributed by atoms with Crippen molar-refractivity contribution in [3.63, 3.8) is 0 Å². The molecule has 4 rings (SSSR count). The van der Waals surface area contributed by atoms with Crippen molar-refractivity contribution >= 4 is 10.9 Å². The molecule has 1 N–H and O–H groups in total. The van der Waals surface area contributed by atoms with Crippen LogP contribution in [-0.4, -0.2) is 33.8 Å². The number of likely N-dealkylation sites (tertiary alicyclic amines) is 1. The van der Waals surface area contributed by atoms with E-state index in [1.165, 1.54) is 27.7 Å². The largest absolute Gasteiger partial charge is 0.393 e. The fourth-order valence-corrected chi connectivity index (χ4v) is 4.71. The van der Waals surface area contributed by atoms with Crippen molar-refractivity contribution < 1.29 is 5.11 Å². The molecule has 0 amide bonds. The third-order valence-electron chi connectivity index (χ3n) is 6.17. The molecule has 0 aliphatic carbocycles. The van der Waals surface area contributed by atoms with Gasteiger partial charge in [0.2, 0.25) is 0 Å². The lowest BCUT2D eigenvalue weighted by Gasteiger charge is -2.36. The zero-order chi connectivity index (χ0) is 18.8. The maximum atomic E-state index is 10.7. The Balaban J connectivity index is 1.56. The monoisotopic (exact) mass is 362 g/mol. The minimum Gasteiger partial charge on any atom is -0.393 e. The van der Waals surface area contributed by atoms with Crippen molar-refractivity contribution in [2.75, 3.05) is 13.1 Å². The molecule has 3 heteroatoms. The second-order valence-electron chi connectivity index (χ2n) is 7.87. The third kappa shape index (κ3) is 3.67. The lowest BCUT2D eigenvalue weighted by Crippen LogP contribution is -2.43. The fraction of sp³-hybridized carbons (Fsp3) is 0.417. The number of para-hydroxylation sites is 1. The van der Waals surface area contributed by atoms with E-state index in [-0.39, 0.29) is 12.0 Å². The Labute approximate surface area is 162 Å². The first-order valence-corrected chi connectivity index (χ1v) is 10.2. The Morgan fingerprint density at radius 1 is 1.04 bits per heavy atom. The highest BCUT2D eigenvalue weighted by Gasteiger charge is 2.29. The molecule has 0 bridgehead atoms. The van der Waals surface area contributed by atoms with Gasteiger partial charge in [-0.15, -0.1) is 0 Å².